The molecule has 270 valence electrons. The fraction of sp³-hybridized carbons (Fsp3) is 0.622. The van der Waals surface area contributed by atoms with E-state index in [1.807, 2.05) is 38.1 Å². The van der Waals surface area contributed by atoms with Crippen LogP contribution in [0.1, 0.15) is 90.0 Å². The normalized spacial score (nSPS) is 30.2. The van der Waals surface area contributed by atoms with Gasteiger partial charge in [-0.2, -0.15) is 0 Å². The number of allylic oxidation sites excluding steroid dienone is 1. The zero-order chi connectivity index (χ0) is 35.4. The average Bonchev–Trinajstić information content (AvgIpc) is 4.03. The lowest BCUT2D eigenvalue weighted by atomic mass is 10.0. The number of sulfonamides is 1. The lowest BCUT2D eigenvalue weighted by molar-refractivity contribution is -0.142. The fourth-order valence-corrected chi connectivity index (χ4v) is 8.58. The summed E-state index contributed by atoms with van der Waals surface area (Å²) >= 11 is 0. The van der Waals surface area contributed by atoms with Gasteiger partial charge in [-0.3, -0.25) is 19.1 Å². The summed E-state index contributed by atoms with van der Waals surface area (Å²) in [6.07, 6.45) is 11.1. The summed E-state index contributed by atoms with van der Waals surface area (Å²) in [6.45, 7) is 5.62. The van der Waals surface area contributed by atoms with Crippen molar-refractivity contribution in [3.8, 4) is 17.4 Å². The third-order valence-corrected chi connectivity index (χ3v) is 13.4. The van der Waals surface area contributed by atoms with Gasteiger partial charge in [0, 0.05) is 35.3 Å². The molecule has 50 heavy (non-hydrogen) atoms. The number of aromatic nitrogens is 1. The maximum absolute atomic E-state index is 14.3. The van der Waals surface area contributed by atoms with Crippen LogP contribution in [0, 0.1) is 18.8 Å². The molecular weight excluding hydrogens is 660 g/mol. The van der Waals surface area contributed by atoms with E-state index in [2.05, 4.69) is 10.0 Å². The van der Waals surface area contributed by atoms with Crippen LogP contribution in [0.4, 0.5) is 0 Å². The van der Waals surface area contributed by atoms with Crippen molar-refractivity contribution < 1.29 is 37.0 Å². The van der Waals surface area contributed by atoms with E-state index >= 15 is 0 Å². The SMILES string of the molecule is COc1ccc2c(O[C@@H]3C[C@H]4C(=O)N[C@]5(C(=O)NS(=O)(=O)C6(C)CC6)C[C@H]5/C=C\CCCCC[C@H](C)C(=O)N4C3)cc(OC3CC3)nc2c1C. The molecule has 13 heteroatoms. The highest BCUT2D eigenvalue weighted by molar-refractivity contribution is 7.91. The zero-order valence-corrected chi connectivity index (χ0v) is 30.1. The summed E-state index contributed by atoms with van der Waals surface area (Å²) in [5.74, 6) is -0.369. The van der Waals surface area contributed by atoms with Gasteiger partial charge in [0.05, 0.1) is 23.9 Å². The molecule has 2 N–H and O–H groups in total. The Balaban J connectivity index is 1.18. The molecular formula is C37H48N4O8S. The van der Waals surface area contributed by atoms with E-state index in [1.165, 1.54) is 0 Å². The Morgan fingerprint density at radius 1 is 1.06 bits per heavy atom. The van der Waals surface area contributed by atoms with Crippen molar-refractivity contribution >= 4 is 38.6 Å². The van der Waals surface area contributed by atoms with Crippen LogP contribution < -0.4 is 24.2 Å². The number of aryl methyl sites for hydroxylation is 1. The number of nitrogens with zero attached hydrogens (tertiary/aromatic N) is 2. The number of rotatable bonds is 8. The third kappa shape index (κ3) is 6.65. The van der Waals surface area contributed by atoms with Gasteiger partial charge in [0.2, 0.25) is 27.7 Å². The molecule has 3 saturated carbocycles. The van der Waals surface area contributed by atoms with E-state index in [0.29, 0.717) is 42.2 Å². The highest BCUT2D eigenvalue weighted by Gasteiger charge is 2.63. The number of carbonyl (C=O) groups is 3. The highest BCUT2D eigenvalue weighted by Crippen LogP contribution is 2.48. The van der Waals surface area contributed by atoms with Crippen molar-refractivity contribution in [2.45, 2.75) is 120 Å². The van der Waals surface area contributed by atoms with E-state index in [4.69, 9.17) is 19.2 Å². The molecule has 7 rings (SSSR count). The first-order valence-electron chi connectivity index (χ1n) is 18.0. The number of nitrogens with one attached hydrogen (secondary N) is 2. The number of benzene rings is 1. The first-order chi connectivity index (χ1) is 23.8. The number of pyridine rings is 1. The second-order valence-corrected chi connectivity index (χ2v) is 17.4. The smallest absolute Gasteiger partial charge is 0.259 e. The Bertz CT molecular complexity index is 1840. The van der Waals surface area contributed by atoms with E-state index in [1.54, 1.807) is 25.0 Å². The number of hydrogen-bond acceptors (Lipinski definition) is 9. The lowest BCUT2D eigenvalue weighted by Crippen LogP contribution is -2.57. The summed E-state index contributed by atoms with van der Waals surface area (Å²) in [7, 11) is -2.31. The van der Waals surface area contributed by atoms with Crippen molar-refractivity contribution in [2.24, 2.45) is 11.8 Å². The van der Waals surface area contributed by atoms with Crippen LogP contribution in [0.5, 0.6) is 17.4 Å². The van der Waals surface area contributed by atoms with Crippen molar-refractivity contribution in [3.63, 3.8) is 0 Å². The summed E-state index contributed by atoms with van der Waals surface area (Å²) in [5.41, 5.74) is 0.106. The Labute approximate surface area is 293 Å². The fourth-order valence-electron chi connectivity index (χ4n) is 7.27. The van der Waals surface area contributed by atoms with Gasteiger partial charge in [0.1, 0.15) is 35.3 Å². The van der Waals surface area contributed by atoms with Crippen LogP contribution in [-0.4, -0.2) is 78.2 Å². The van der Waals surface area contributed by atoms with E-state index in [0.717, 1.165) is 49.5 Å². The molecule has 3 aliphatic carbocycles. The van der Waals surface area contributed by atoms with Gasteiger partial charge in [-0.1, -0.05) is 31.9 Å². The second-order valence-electron chi connectivity index (χ2n) is 15.2. The third-order valence-electron chi connectivity index (χ3n) is 11.2. The molecule has 3 heterocycles. The zero-order valence-electron chi connectivity index (χ0n) is 29.3. The first kappa shape index (κ1) is 34.6. The van der Waals surface area contributed by atoms with Crippen LogP contribution >= 0.6 is 0 Å². The predicted molar refractivity (Wildman–Crippen MR) is 186 cm³/mol. The topological polar surface area (TPSA) is 153 Å². The molecule has 4 fully saturated rings. The Morgan fingerprint density at radius 3 is 2.56 bits per heavy atom. The minimum Gasteiger partial charge on any atom is -0.496 e. The van der Waals surface area contributed by atoms with E-state index < -0.39 is 44.3 Å². The van der Waals surface area contributed by atoms with Crippen LogP contribution in [0.2, 0.25) is 0 Å². The second kappa shape index (κ2) is 13.0. The quantitative estimate of drug-likeness (QED) is 0.379. The molecule has 3 amide bonds. The number of carbonyl (C=O) groups excluding carboxylic acids is 3. The largest absolute Gasteiger partial charge is 0.496 e. The molecule has 0 unspecified atom stereocenters. The van der Waals surface area contributed by atoms with Crippen LogP contribution in [0.25, 0.3) is 10.9 Å². The average molecular weight is 709 g/mol. The number of hydrogen-bond donors (Lipinski definition) is 2. The first-order valence-corrected chi connectivity index (χ1v) is 19.5. The standard InChI is InChI=1S/C37H48N4O8S/c1-22-10-8-6-5-7-9-11-24-20-37(24,35(44)40-50(45,46)36(3)16-17-36)39-33(42)28-18-26(21-41(28)34(22)43)48-30-19-31(49-25-12-13-25)38-32-23(2)29(47-4)15-14-27(30)32/h9,11,14-15,19,22,24-26,28H,5-8,10,12-13,16-18,20-21H2,1-4H3,(H,39,42)(H,40,44)/b11-9-/t22-,24+,26+,28-,37+/m0/s1. The monoisotopic (exact) mass is 708 g/mol. The summed E-state index contributed by atoms with van der Waals surface area (Å²) < 4.78 is 45.7. The van der Waals surface area contributed by atoms with Crippen molar-refractivity contribution in [1.82, 2.24) is 19.9 Å². The minimum atomic E-state index is -3.92. The molecule has 1 aromatic heterocycles. The summed E-state index contributed by atoms with van der Waals surface area (Å²) in [5, 5.41) is 3.71. The summed E-state index contributed by atoms with van der Waals surface area (Å²) in [6, 6.07) is 4.61. The van der Waals surface area contributed by atoms with Gasteiger partial charge < -0.3 is 24.4 Å². The van der Waals surface area contributed by atoms with Crippen molar-refractivity contribution in [3.05, 3.63) is 35.9 Å². The van der Waals surface area contributed by atoms with Crippen molar-refractivity contribution in [1.29, 1.82) is 0 Å². The Hall–Kier alpha value is -3.87. The molecule has 0 radical (unpaired) electrons. The Morgan fingerprint density at radius 2 is 1.84 bits per heavy atom. The lowest BCUT2D eigenvalue weighted by Gasteiger charge is -2.28. The molecule has 2 aromatic rings. The molecule has 5 aliphatic rings. The van der Waals surface area contributed by atoms with Gasteiger partial charge in [-0.25, -0.2) is 13.4 Å². The highest BCUT2D eigenvalue weighted by atomic mass is 32.2. The van der Waals surface area contributed by atoms with Crippen LogP contribution in [0.15, 0.2) is 30.4 Å². The van der Waals surface area contributed by atoms with Gasteiger partial charge in [-0.05, 0) is 77.3 Å². The number of ether oxygens (including phenoxy) is 3. The Kier molecular flexibility index (Phi) is 9.01. The summed E-state index contributed by atoms with van der Waals surface area (Å²) in [4.78, 5) is 48.4. The van der Waals surface area contributed by atoms with Crippen molar-refractivity contribution in [2.75, 3.05) is 13.7 Å². The van der Waals surface area contributed by atoms with Gasteiger partial charge >= 0.3 is 0 Å². The van der Waals surface area contributed by atoms with Gasteiger partial charge in [-0.15, -0.1) is 0 Å². The number of fused-ring (bicyclic) bond motifs is 3. The molecule has 1 aromatic carbocycles. The maximum atomic E-state index is 14.3. The molecule has 1 saturated heterocycles. The molecule has 0 spiro atoms. The maximum Gasteiger partial charge on any atom is 0.259 e. The van der Waals surface area contributed by atoms with E-state index in [-0.39, 0.29) is 43.2 Å². The predicted octanol–water partition coefficient (Wildman–Crippen LogP) is 4.47. The van der Waals surface area contributed by atoms with Crippen LogP contribution in [0.3, 0.4) is 0 Å². The van der Waals surface area contributed by atoms with E-state index in [9.17, 15) is 22.8 Å². The number of amides is 3. The molecule has 5 atom stereocenters. The van der Waals surface area contributed by atoms with Crippen LogP contribution in [-0.2, 0) is 24.4 Å². The molecule has 2 aliphatic heterocycles. The van der Waals surface area contributed by atoms with Gasteiger partial charge in [0.15, 0.2) is 0 Å². The number of methoxy groups -OCH3 is 1. The van der Waals surface area contributed by atoms with Gasteiger partial charge in [0.25, 0.3) is 5.91 Å². The molecule has 0 bridgehead atoms. The minimum absolute atomic E-state index is 0.112. The molecule has 12 nitrogen and oxygen atoms in total.